The van der Waals surface area contributed by atoms with Gasteiger partial charge < -0.3 is 25.6 Å². The van der Waals surface area contributed by atoms with Crippen LogP contribution in [0.15, 0.2) is 79.1 Å². The van der Waals surface area contributed by atoms with Crippen LogP contribution in [0, 0.1) is 12.8 Å². The van der Waals surface area contributed by atoms with Gasteiger partial charge in [0.25, 0.3) is 5.91 Å². The summed E-state index contributed by atoms with van der Waals surface area (Å²) in [5.41, 5.74) is 5.00. The van der Waals surface area contributed by atoms with Crippen molar-refractivity contribution in [2.24, 2.45) is 5.92 Å². The Morgan fingerprint density at radius 3 is 2.72 bits per heavy atom. The lowest BCUT2D eigenvalue weighted by Gasteiger charge is -2.40. The fourth-order valence-corrected chi connectivity index (χ4v) is 7.74. The molecule has 3 N–H and O–H groups in total. The first-order valence-electron chi connectivity index (χ1n) is 16.8. The maximum Gasteiger partial charge on any atom is 0.252 e. The Kier molecular flexibility index (Phi) is 9.38. The highest BCUT2D eigenvalue weighted by molar-refractivity contribution is 7.15. The molecule has 7 rings (SSSR count). The van der Waals surface area contributed by atoms with Crippen molar-refractivity contribution in [3.05, 3.63) is 106 Å². The van der Waals surface area contributed by atoms with Gasteiger partial charge in [0.1, 0.15) is 11.9 Å². The summed E-state index contributed by atoms with van der Waals surface area (Å²) in [4.78, 5) is 35.1. The van der Waals surface area contributed by atoms with Crippen molar-refractivity contribution in [2.45, 2.75) is 63.8 Å². The van der Waals surface area contributed by atoms with E-state index in [0.29, 0.717) is 23.4 Å². The largest absolute Gasteiger partial charge is 0.488 e. The number of rotatable bonds is 11. The van der Waals surface area contributed by atoms with Crippen LogP contribution in [0.1, 0.15) is 70.1 Å². The number of amides is 2. The molecule has 0 spiro atoms. The van der Waals surface area contributed by atoms with Gasteiger partial charge in [0.2, 0.25) is 5.91 Å². The molecular formula is C38H43N5O3S. The first-order valence-corrected chi connectivity index (χ1v) is 17.6. The van der Waals surface area contributed by atoms with Gasteiger partial charge in [-0.25, -0.2) is 0 Å². The van der Waals surface area contributed by atoms with Crippen LogP contribution in [-0.4, -0.2) is 60.0 Å². The molecule has 9 heteroatoms. The molecule has 2 aliphatic heterocycles. The van der Waals surface area contributed by atoms with Crippen LogP contribution in [0.3, 0.4) is 0 Å². The van der Waals surface area contributed by atoms with Gasteiger partial charge in [-0.05, 0) is 91.8 Å². The van der Waals surface area contributed by atoms with Gasteiger partial charge in [0.05, 0.1) is 6.04 Å². The Hall–Kier alpha value is -4.05. The number of aromatic nitrogens is 1. The molecule has 2 amide bonds. The molecule has 244 valence electrons. The lowest BCUT2D eigenvalue weighted by Crippen LogP contribution is -2.50. The van der Waals surface area contributed by atoms with Crippen LogP contribution < -0.4 is 20.7 Å². The van der Waals surface area contributed by atoms with Crippen molar-refractivity contribution < 1.29 is 14.3 Å². The van der Waals surface area contributed by atoms with E-state index in [0.717, 1.165) is 74.4 Å². The summed E-state index contributed by atoms with van der Waals surface area (Å²) >= 11 is 1.79. The van der Waals surface area contributed by atoms with Gasteiger partial charge in [0.15, 0.2) is 0 Å². The van der Waals surface area contributed by atoms with E-state index < -0.39 is 0 Å². The first kappa shape index (κ1) is 31.5. The number of nitrogens with zero attached hydrogens (tertiary/aromatic N) is 2. The van der Waals surface area contributed by atoms with E-state index in [9.17, 15) is 9.59 Å². The number of benzene rings is 2. The molecule has 4 aromatic rings. The summed E-state index contributed by atoms with van der Waals surface area (Å²) in [6.45, 7) is 8.07. The Balaban J connectivity index is 0.897. The molecule has 1 saturated carbocycles. The molecular weight excluding hydrogens is 607 g/mol. The van der Waals surface area contributed by atoms with Crippen molar-refractivity contribution in [3.63, 3.8) is 0 Å². The molecule has 0 radical (unpaired) electrons. The third kappa shape index (κ3) is 7.27. The van der Waals surface area contributed by atoms with Crippen LogP contribution in [0.25, 0.3) is 10.4 Å². The molecule has 3 atom stereocenters. The Labute approximate surface area is 280 Å². The van der Waals surface area contributed by atoms with E-state index in [2.05, 4.69) is 63.4 Å². The predicted molar refractivity (Wildman–Crippen MR) is 186 cm³/mol. The smallest absolute Gasteiger partial charge is 0.252 e. The second-order valence-electron chi connectivity index (χ2n) is 13.3. The molecule has 4 heterocycles. The van der Waals surface area contributed by atoms with Crippen molar-refractivity contribution in [2.75, 3.05) is 26.2 Å². The van der Waals surface area contributed by atoms with Gasteiger partial charge in [-0.15, -0.1) is 11.3 Å². The van der Waals surface area contributed by atoms with Crippen molar-refractivity contribution >= 4 is 23.2 Å². The normalized spacial score (nSPS) is 20.3. The number of carbonyl (C=O) groups is 2. The maximum atomic E-state index is 13.3. The minimum absolute atomic E-state index is 0.100. The van der Waals surface area contributed by atoms with Gasteiger partial charge >= 0.3 is 0 Å². The minimum atomic E-state index is -0.154. The minimum Gasteiger partial charge on any atom is -0.488 e. The average Bonchev–Trinajstić information content (AvgIpc) is 3.72. The van der Waals surface area contributed by atoms with E-state index in [1.165, 1.54) is 15.3 Å². The lowest BCUT2D eigenvalue weighted by molar-refractivity contribution is -0.139. The SMILES string of the molecule is Cc1ccc(OC2CNC2)cc1C(=O)N[C@H](C)c1cccc(-c2ccc(CN[C@H]3CC[C@@H](C(=O)N4CC(c5cccnc5)C4)C3)s2)c1. The van der Waals surface area contributed by atoms with Crippen LogP contribution >= 0.6 is 11.3 Å². The molecule has 2 aromatic carbocycles. The summed E-state index contributed by atoms with van der Waals surface area (Å²) < 4.78 is 5.98. The molecule has 3 fully saturated rings. The summed E-state index contributed by atoms with van der Waals surface area (Å²) in [5.74, 6) is 1.49. The summed E-state index contributed by atoms with van der Waals surface area (Å²) in [6, 6.07) is 22.8. The zero-order valence-electron chi connectivity index (χ0n) is 27.1. The monoisotopic (exact) mass is 649 g/mol. The highest BCUT2D eigenvalue weighted by Crippen LogP contribution is 2.34. The number of carbonyl (C=O) groups excluding carboxylic acids is 2. The van der Waals surface area contributed by atoms with E-state index in [-0.39, 0.29) is 24.0 Å². The van der Waals surface area contributed by atoms with Gasteiger partial charge in [-0.2, -0.15) is 0 Å². The van der Waals surface area contributed by atoms with Crippen LogP contribution in [0.2, 0.25) is 0 Å². The third-order valence-electron chi connectivity index (χ3n) is 9.88. The molecule has 3 aliphatic rings. The second-order valence-corrected chi connectivity index (χ2v) is 14.4. The van der Waals surface area contributed by atoms with Crippen molar-refractivity contribution in [1.29, 1.82) is 0 Å². The maximum absolute atomic E-state index is 13.3. The summed E-state index contributed by atoms with van der Waals surface area (Å²) in [5, 5.41) is 10.1. The predicted octanol–water partition coefficient (Wildman–Crippen LogP) is 5.84. The molecule has 8 nitrogen and oxygen atoms in total. The van der Waals surface area contributed by atoms with E-state index >= 15 is 0 Å². The fourth-order valence-electron chi connectivity index (χ4n) is 6.79. The van der Waals surface area contributed by atoms with Gasteiger partial charge in [0, 0.05) is 78.3 Å². The molecule has 2 aromatic heterocycles. The standard InChI is InChI=1S/C38H43N5O3S/c1-24-8-11-32(46-33-19-40-20-33)17-35(24)37(44)42-25(2)26-5-3-6-27(15-26)36-13-12-34(47-36)21-41-31-10-9-28(16-31)38(45)43-22-30(23-43)29-7-4-14-39-18-29/h3-8,11-15,17-18,25,28,30-31,33,40-41H,9-10,16,19-23H2,1-2H3,(H,42,44)/t25-,28-,31+/m1/s1. The Bertz CT molecular complexity index is 1720. The van der Waals surface area contributed by atoms with Crippen molar-refractivity contribution in [1.82, 2.24) is 25.8 Å². The number of hydrogen-bond acceptors (Lipinski definition) is 7. The third-order valence-corrected chi connectivity index (χ3v) is 11.0. The van der Waals surface area contributed by atoms with E-state index in [1.54, 1.807) is 17.5 Å². The summed E-state index contributed by atoms with van der Waals surface area (Å²) in [7, 11) is 0. The Morgan fingerprint density at radius 1 is 1.06 bits per heavy atom. The number of aryl methyl sites for hydroxylation is 1. The second kappa shape index (κ2) is 14.0. The molecule has 0 bridgehead atoms. The quantitative estimate of drug-likeness (QED) is 0.189. The average molecular weight is 650 g/mol. The fraction of sp³-hybridized carbons (Fsp3) is 0.395. The van der Waals surface area contributed by atoms with Crippen LogP contribution in [-0.2, 0) is 11.3 Å². The zero-order valence-corrected chi connectivity index (χ0v) is 27.9. The van der Waals surface area contributed by atoms with Gasteiger partial charge in [-0.3, -0.25) is 14.6 Å². The number of nitrogens with one attached hydrogen (secondary N) is 3. The molecule has 0 unspecified atom stereocenters. The van der Waals surface area contributed by atoms with Crippen LogP contribution in [0.4, 0.5) is 0 Å². The van der Waals surface area contributed by atoms with Crippen LogP contribution in [0.5, 0.6) is 5.75 Å². The molecule has 1 aliphatic carbocycles. The number of ether oxygens (including phenoxy) is 1. The molecule has 47 heavy (non-hydrogen) atoms. The van der Waals surface area contributed by atoms with Gasteiger partial charge in [-0.1, -0.05) is 30.3 Å². The van der Waals surface area contributed by atoms with Crippen molar-refractivity contribution in [3.8, 4) is 16.2 Å². The first-order chi connectivity index (χ1) is 22.9. The highest BCUT2D eigenvalue weighted by atomic mass is 32.1. The number of thiophene rings is 1. The Morgan fingerprint density at radius 2 is 1.94 bits per heavy atom. The number of likely N-dealkylation sites (tertiary alicyclic amines) is 1. The highest BCUT2D eigenvalue weighted by Gasteiger charge is 2.38. The lowest BCUT2D eigenvalue weighted by atomic mass is 9.91. The number of pyridine rings is 1. The summed E-state index contributed by atoms with van der Waals surface area (Å²) in [6.07, 6.45) is 6.78. The topological polar surface area (TPSA) is 95.6 Å². The van der Waals surface area contributed by atoms with E-state index in [4.69, 9.17) is 4.74 Å². The van der Waals surface area contributed by atoms with E-state index in [1.807, 2.05) is 49.2 Å². The zero-order chi connectivity index (χ0) is 32.3. The number of hydrogen-bond donors (Lipinski definition) is 3. The molecule has 2 saturated heterocycles.